The van der Waals surface area contributed by atoms with Crippen molar-refractivity contribution < 1.29 is 4.79 Å². The number of hydrogen-bond donors (Lipinski definition) is 1. The van der Waals surface area contributed by atoms with Gasteiger partial charge in [0, 0.05) is 31.2 Å². The first kappa shape index (κ1) is 20.0. The molecular formula is C23H25N3OS. The number of nitrogens with one attached hydrogen (secondary N) is 1. The first-order chi connectivity index (χ1) is 13.7. The highest BCUT2D eigenvalue weighted by atomic mass is 32.2. The van der Waals surface area contributed by atoms with Crippen molar-refractivity contribution in [3.63, 3.8) is 0 Å². The monoisotopic (exact) mass is 391 g/mol. The summed E-state index contributed by atoms with van der Waals surface area (Å²) in [6.07, 6.45) is 3.71. The van der Waals surface area contributed by atoms with Crippen LogP contribution in [0.1, 0.15) is 17.5 Å². The zero-order valence-corrected chi connectivity index (χ0v) is 16.9. The zero-order chi connectivity index (χ0) is 19.6. The lowest BCUT2D eigenvalue weighted by atomic mass is 10.1. The van der Waals surface area contributed by atoms with E-state index in [9.17, 15) is 4.79 Å². The number of thioether (sulfide) groups is 1. The minimum Gasteiger partial charge on any atom is -0.328 e. The fourth-order valence-electron chi connectivity index (χ4n) is 2.81. The highest BCUT2D eigenvalue weighted by Crippen LogP contribution is 2.22. The number of hydrogen-bond acceptors (Lipinski definition) is 3. The maximum absolute atomic E-state index is 12.4. The number of pyridine rings is 1. The third kappa shape index (κ3) is 6.43. The predicted octanol–water partition coefficient (Wildman–Crippen LogP) is 5.47. The van der Waals surface area contributed by atoms with Gasteiger partial charge in [-0.2, -0.15) is 0 Å². The highest BCUT2D eigenvalue weighted by molar-refractivity contribution is 7.98. The van der Waals surface area contributed by atoms with Crippen molar-refractivity contribution in [2.24, 2.45) is 0 Å². The second-order valence-corrected chi connectivity index (χ2v) is 7.59. The maximum atomic E-state index is 12.4. The van der Waals surface area contributed by atoms with E-state index in [0.717, 1.165) is 41.4 Å². The van der Waals surface area contributed by atoms with E-state index in [1.165, 1.54) is 5.56 Å². The van der Waals surface area contributed by atoms with Crippen molar-refractivity contribution in [2.75, 3.05) is 18.9 Å². The number of carbonyl (C=O) groups excluding carboxylic acids is 1. The van der Waals surface area contributed by atoms with E-state index in [0.29, 0.717) is 0 Å². The van der Waals surface area contributed by atoms with Crippen LogP contribution in [0.2, 0.25) is 0 Å². The van der Waals surface area contributed by atoms with E-state index in [2.05, 4.69) is 28.5 Å². The summed E-state index contributed by atoms with van der Waals surface area (Å²) in [7, 11) is 1.83. The summed E-state index contributed by atoms with van der Waals surface area (Å²) in [5.74, 6) is 0.813. The van der Waals surface area contributed by atoms with Crippen molar-refractivity contribution in [1.29, 1.82) is 0 Å². The van der Waals surface area contributed by atoms with E-state index >= 15 is 0 Å². The normalized spacial score (nSPS) is 10.5. The Kier molecular flexibility index (Phi) is 7.50. The van der Waals surface area contributed by atoms with Gasteiger partial charge < -0.3 is 10.2 Å². The van der Waals surface area contributed by atoms with Crippen LogP contribution in [0.3, 0.4) is 0 Å². The third-order valence-corrected chi connectivity index (χ3v) is 5.37. The van der Waals surface area contributed by atoms with Gasteiger partial charge in [-0.05, 0) is 48.2 Å². The molecule has 0 radical (unpaired) electrons. The lowest BCUT2D eigenvalue weighted by Crippen LogP contribution is -2.32. The minimum atomic E-state index is -0.0809. The molecule has 1 heterocycles. The third-order valence-electron chi connectivity index (χ3n) is 4.35. The molecule has 0 spiro atoms. The highest BCUT2D eigenvalue weighted by Gasteiger charge is 2.09. The molecule has 3 rings (SSSR count). The summed E-state index contributed by atoms with van der Waals surface area (Å²) in [5.41, 5.74) is 3.27. The Morgan fingerprint density at radius 1 is 1.00 bits per heavy atom. The number of benzene rings is 2. The van der Waals surface area contributed by atoms with Crippen molar-refractivity contribution in [1.82, 2.24) is 9.88 Å². The lowest BCUT2D eigenvalue weighted by molar-refractivity contribution is 0.222. The van der Waals surface area contributed by atoms with Gasteiger partial charge in [-0.15, -0.1) is 11.8 Å². The van der Waals surface area contributed by atoms with Gasteiger partial charge in [0.2, 0.25) is 0 Å². The molecule has 28 heavy (non-hydrogen) atoms. The number of amides is 2. The van der Waals surface area contributed by atoms with Gasteiger partial charge in [-0.25, -0.2) is 9.78 Å². The molecule has 0 bridgehead atoms. The molecular weight excluding hydrogens is 366 g/mol. The fraction of sp³-hybridized carbons (Fsp3) is 0.217. The lowest BCUT2D eigenvalue weighted by Gasteiger charge is -2.18. The number of nitrogens with zero attached hydrogens (tertiary/aromatic N) is 2. The van der Waals surface area contributed by atoms with E-state index < -0.39 is 0 Å². The van der Waals surface area contributed by atoms with Crippen LogP contribution in [-0.4, -0.2) is 29.5 Å². The first-order valence-corrected chi connectivity index (χ1v) is 10.4. The molecule has 0 aliphatic rings. The summed E-state index contributed by atoms with van der Waals surface area (Å²) in [5, 5.41) is 3.99. The van der Waals surface area contributed by atoms with Crippen molar-refractivity contribution in [3.8, 4) is 0 Å². The van der Waals surface area contributed by atoms with Crippen LogP contribution in [0.5, 0.6) is 0 Å². The molecule has 0 fully saturated rings. The topological polar surface area (TPSA) is 45.2 Å². The number of aryl methyl sites for hydroxylation is 1. The number of carbonyl (C=O) groups is 1. The molecule has 0 aliphatic heterocycles. The van der Waals surface area contributed by atoms with Crippen LogP contribution in [0.4, 0.5) is 10.5 Å². The first-order valence-electron chi connectivity index (χ1n) is 9.39. The van der Waals surface area contributed by atoms with Crippen molar-refractivity contribution in [2.45, 2.75) is 23.6 Å². The molecule has 0 aliphatic carbocycles. The van der Waals surface area contributed by atoms with Crippen LogP contribution in [-0.2, 0) is 12.2 Å². The summed E-state index contributed by atoms with van der Waals surface area (Å²) < 4.78 is 0. The van der Waals surface area contributed by atoms with Crippen LogP contribution in [0, 0.1) is 0 Å². The molecule has 144 valence electrons. The quantitative estimate of drug-likeness (QED) is 0.518. The van der Waals surface area contributed by atoms with Gasteiger partial charge in [0.1, 0.15) is 0 Å². The second kappa shape index (κ2) is 10.5. The van der Waals surface area contributed by atoms with E-state index in [1.807, 2.05) is 61.6 Å². The van der Waals surface area contributed by atoms with Gasteiger partial charge in [-0.1, -0.05) is 48.5 Å². The molecule has 0 atom stereocenters. The smallest absolute Gasteiger partial charge is 0.321 e. The molecule has 3 aromatic rings. The van der Waals surface area contributed by atoms with Gasteiger partial charge >= 0.3 is 6.03 Å². The Labute approximate surface area is 171 Å². The Morgan fingerprint density at radius 3 is 2.57 bits per heavy atom. The number of anilines is 1. The Morgan fingerprint density at radius 2 is 1.79 bits per heavy atom. The molecule has 2 amide bonds. The molecule has 2 aromatic carbocycles. The number of aromatic nitrogens is 1. The average Bonchev–Trinajstić information content (AvgIpc) is 2.74. The van der Waals surface area contributed by atoms with Gasteiger partial charge in [0.05, 0.1) is 5.03 Å². The summed E-state index contributed by atoms with van der Waals surface area (Å²) in [4.78, 5) is 18.5. The van der Waals surface area contributed by atoms with Crippen molar-refractivity contribution >= 4 is 23.5 Å². The summed E-state index contributed by atoms with van der Waals surface area (Å²) in [6, 6.07) is 24.1. The SMILES string of the molecule is CN(CCCc1ccccc1)C(=O)Nc1cccc(CSc2ccccn2)c1. The average molecular weight is 392 g/mol. The minimum absolute atomic E-state index is 0.0809. The van der Waals surface area contributed by atoms with E-state index in [4.69, 9.17) is 0 Å². The Bertz CT molecular complexity index is 871. The number of urea groups is 1. The van der Waals surface area contributed by atoms with Crippen LogP contribution in [0.15, 0.2) is 84.0 Å². The molecule has 0 saturated carbocycles. The summed E-state index contributed by atoms with van der Waals surface area (Å²) in [6.45, 7) is 0.718. The Balaban J connectivity index is 1.46. The van der Waals surface area contributed by atoms with E-state index in [-0.39, 0.29) is 6.03 Å². The summed E-state index contributed by atoms with van der Waals surface area (Å²) >= 11 is 1.68. The number of rotatable bonds is 8. The fourth-order valence-corrected chi connectivity index (χ4v) is 3.62. The second-order valence-electron chi connectivity index (χ2n) is 6.60. The molecule has 0 unspecified atom stereocenters. The van der Waals surface area contributed by atoms with Crippen LogP contribution in [0.25, 0.3) is 0 Å². The molecule has 5 heteroatoms. The molecule has 1 aromatic heterocycles. The van der Waals surface area contributed by atoms with E-state index in [1.54, 1.807) is 22.9 Å². The standard InChI is InChI=1S/C23H25N3OS/c1-26(16-8-12-19-9-3-2-4-10-19)23(27)25-21-13-7-11-20(17-21)18-28-22-14-5-6-15-24-22/h2-7,9-11,13-15,17H,8,12,16,18H2,1H3,(H,25,27). The molecule has 1 N–H and O–H groups in total. The van der Waals surface area contributed by atoms with Crippen LogP contribution < -0.4 is 5.32 Å². The predicted molar refractivity (Wildman–Crippen MR) is 117 cm³/mol. The largest absolute Gasteiger partial charge is 0.328 e. The van der Waals surface area contributed by atoms with Crippen LogP contribution >= 0.6 is 11.8 Å². The zero-order valence-electron chi connectivity index (χ0n) is 16.0. The molecule has 0 saturated heterocycles. The van der Waals surface area contributed by atoms with Gasteiger partial charge in [0.15, 0.2) is 0 Å². The maximum Gasteiger partial charge on any atom is 0.321 e. The van der Waals surface area contributed by atoms with Crippen molar-refractivity contribution in [3.05, 3.63) is 90.1 Å². The Hall–Kier alpha value is -2.79. The van der Waals surface area contributed by atoms with Gasteiger partial charge in [-0.3, -0.25) is 0 Å². The van der Waals surface area contributed by atoms with Gasteiger partial charge in [0.25, 0.3) is 0 Å². The molecule has 4 nitrogen and oxygen atoms in total.